The van der Waals surface area contributed by atoms with E-state index in [9.17, 15) is 5.11 Å². The zero-order chi connectivity index (χ0) is 11.0. The summed E-state index contributed by atoms with van der Waals surface area (Å²) in [5, 5.41) is 10.7. The Balaban J connectivity index is 2.65. The molecule has 3 nitrogen and oxygen atoms in total. The largest absolute Gasteiger partial charge is 0.497 e. The maximum absolute atomic E-state index is 9.58. The number of methoxy groups -OCH3 is 1. The molecular weight excluding hydrogens is 190 g/mol. The molecule has 0 spiro atoms. The summed E-state index contributed by atoms with van der Waals surface area (Å²) in [5.41, 5.74) is 2.02. The molecule has 1 aromatic heterocycles. The molecule has 0 bridgehead atoms. The molecule has 80 valence electrons. The first-order chi connectivity index (χ1) is 7.13. The number of benzene rings is 1. The molecule has 0 radical (unpaired) electrons. The molecule has 2 rings (SSSR count). The molecule has 0 amide bonds. The lowest BCUT2D eigenvalue weighted by Crippen LogP contribution is -1.99. The Bertz CT molecular complexity index is 486. The quantitative estimate of drug-likeness (QED) is 0.815. The van der Waals surface area contributed by atoms with Crippen molar-refractivity contribution in [2.24, 2.45) is 7.05 Å². The van der Waals surface area contributed by atoms with E-state index < -0.39 is 6.10 Å². The Labute approximate surface area is 88.9 Å². The third-order valence-electron chi connectivity index (χ3n) is 2.71. The van der Waals surface area contributed by atoms with Gasteiger partial charge in [-0.05, 0) is 31.2 Å². The minimum atomic E-state index is -0.451. The highest BCUT2D eigenvalue weighted by molar-refractivity contribution is 5.82. The summed E-state index contributed by atoms with van der Waals surface area (Å²) in [7, 11) is 3.61. The molecule has 1 atom stereocenters. The van der Waals surface area contributed by atoms with E-state index in [4.69, 9.17) is 4.74 Å². The molecular formula is C12H15NO2. The highest BCUT2D eigenvalue weighted by Gasteiger charge is 2.10. The first-order valence-electron chi connectivity index (χ1n) is 4.95. The van der Waals surface area contributed by atoms with Gasteiger partial charge in [-0.3, -0.25) is 0 Å². The van der Waals surface area contributed by atoms with Gasteiger partial charge in [0.1, 0.15) is 5.75 Å². The highest BCUT2D eigenvalue weighted by Crippen LogP contribution is 2.26. The first kappa shape index (κ1) is 10.1. The van der Waals surface area contributed by atoms with Crippen LogP contribution in [0.15, 0.2) is 24.3 Å². The van der Waals surface area contributed by atoms with Gasteiger partial charge < -0.3 is 14.4 Å². The van der Waals surface area contributed by atoms with Crippen LogP contribution in [0.5, 0.6) is 5.75 Å². The molecule has 1 N–H and O–H groups in total. The minimum absolute atomic E-state index is 0.451. The Morgan fingerprint density at radius 1 is 1.33 bits per heavy atom. The van der Waals surface area contributed by atoms with Crippen molar-refractivity contribution in [2.45, 2.75) is 13.0 Å². The average Bonchev–Trinajstić information content (AvgIpc) is 2.55. The fourth-order valence-corrected chi connectivity index (χ4v) is 1.88. The summed E-state index contributed by atoms with van der Waals surface area (Å²) >= 11 is 0. The van der Waals surface area contributed by atoms with Gasteiger partial charge in [-0.25, -0.2) is 0 Å². The number of aliphatic hydroxyl groups is 1. The molecule has 1 aromatic carbocycles. The van der Waals surface area contributed by atoms with Crippen molar-refractivity contribution >= 4 is 10.9 Å². The lowest BCUT2D eigenvalue weighted by Gasteiger charge is -2.06. The number of aliphatic hydroxyl groups excluding tert-OH is 1. The van der Waals surface area contributed by atoms with E-state index in [1.54, 1.807) is 14.0 Å². The molecule has 1 heterocycles. The predicted octanol–water partition coefficient (Wildman–Crippen LogP) is 2.24. The van der Waals surface area contributed by atoms with Crippen LogP contribution in [0.25, 0.3) is 10.9 Å². The maximum atomic E-state index is 9.58. The van der Waals surface area contributed by atoms with Crippen molar-refractivity contribution in [1.29, 1.82) is 0 Å². The van der Waals surface area contributed by atoms with E-state index in [1.807, 2.05) is 35.9 Å². The zero-order valence-corrected chi connectivity index (χ0v) is 9.19. The summed E-state index contributed by atoms with van der Waals surface area (Å²) in [4.78, 5) is 0. The molecule has 0 aliphatic heterocycles. The van der Waals surface area contributed by atoms with E-state index in [1.165, 1.54) is 0 Å². The fraction of sp³-hybridized carbons (Fsp3) is 0.333. The summed E-state index contributed by atoms with van der Waals surface area (Å²) in [5.74, 6) is 0.838. The van der Waals surface area contributed by atoms with Gasteiger partial charge in [0.25, 0.3) is 0 Å². The summed E-state index contributed by atoms with van der Waals surface area (Å²) in [6.07, 6.45) is -0.451. The molecule has 0 aliphatic carbocycles. The van der Waals surface area contributed by atoms with Gasteiger partial charge >= 0.3 is 0 Å². The number of rotatable bonds is 2. The van der Waals surface area contributed by atoms with Crippen LogP contribution in [0.3, 0.4) is 0 Å². The molecule has 2 aromatic rings. The fourth-order valence-electron chi connectivity index (χ4n) is 1.88. The van der Waals surface area contributed by atoms with E-state index in [2.05, 4.69) is 0 Å². The van der Waals surface area contributed by atoms with Crippen LogP contribution in [-0.4, -0.2) is 16.8 Å². The average molecular weight is 205 g/mol. The second-order valence-corrected chi connectivity index (χ2v) is 3.73. The van der Waals surface area contributed by atoms with Gasteiger partial charge in [0.2, 0.25) is 0 Å². The van der Waals surface area contributed by atoms with Gasteiger partial charge in [0.15, 0.2) is 0 Å². The summed E-state index contributed by atoms with van der Waals surface area (Å²) in [6.45, 7) is 1.77. The summed E-state index contributed by atoms with van der Waals surface area (Å²) in [6, 6.07) is 7.89. The van der Waals surface area contributed by atoms with Crippen molar-refractivity contribution in [3.05, 3.63) is 30.0 Å². The Morgan fingerprint density at radius 2 is 2.07 bits per heavy atom. The van der Waals surface area contributed by atoms with Gasteiger partial charge in [0, 0.05) is 23.6 Å². The Morgan fingerprint density at radius 3 is 2.67 bits per heavy atom. The van der Waals surface area contributed by atoms with Crippen LogP contribution in [0.2, 0.25) is 0 Å². The molecule has 0 saturated carbocycles. The van der Waals surface area contributed by atoms with Crippen molar-refractivity contribution in [3.8, 4) is 5.75 Å². The van der Waals surface area contributed by atoms with Crippen LogP contribution in [-0.2, 0) is 7.05 Å². The van der Waals surface area contributed by atoms with Gasteiger partial charge in [-0.15, -0.1) is 0 Å². The second-order valence-electron chi connectivity index (χ2n) is 3.73. The second kappa shape index (κ2) is 3.59. The van der Waals surface area contributed by atoms with E-state index in [0.717, 1.165) is 22.3 Å². The minimum Gasteiger partial charge on any atom is -0.497 e. The molecule has 1 unspecified atom stereocenters. The number of hydrogen-bond acceptors (Lipinski definition) is 2. The van der Waals surface area contributed by atoms with E-state index >= 15 is 0 Å². The number of hydrogen-bond donors (Lipinski definition) is 1. The predicted molar refractivity (Wildman–Crippen MR) is 60.1 cm³/mol. The summed E-state index contributed by atoms with van der Waals surface area (Å²) < 4.78 is 7.16. The van der Waals surface area contributed by atoms with Gasteiger partial charge in [-0.1, -0.05) is 0 Å². The molecule has 15 heavy (non-hydrogen) atoms. The van der Waals surface area contributed by atoms with Crippen molar-refractivity contribution in [3.63, 3.8) is 0 Å². The number of nitrogens with zero attached hydrogens (tertiary/aromatic N) is 1. The molecule has 0 aliphatic rings. The van der Waals surface area contributed by atoms with Crippen LogP contribution in [0.1, 0.15) is 18.7 Å². The van der Waals surface area contributed by atoms with Gasteiger partial charge in [0.05, 0.1) is 13.2 Å². The van der Waals surface area contributed by atoms with Gasteiger partial charge in [-0.2, -0.15) is 0 Å². The number of fused-ring (bicyclic) bond motifs is 1. The zero-order valence-electron chi connectivity index (χ0n) is 9.19. The van der Waals surface area contributed by atoms with Crippen molar-refractivity contribution < 1.29 is 9.84 Å². The number of aryl methyl sites for hydroxylation is 1. The third kappa shape index (κ3) is 1.59. The monoisotopic (exact) mass is 205 g/mol. The number of aromatic nitrogens is 1. The van der Waals surface area contributed by atoms with Crippen LogP contribution < -0.4 is 4.74 Å². The van der Waals surface area contributed by atoms with Crippen LogP contribution in [0.4, 0.5) is 0 Å². The lowest BCUT2D eigenvalue weighted by atomic mass is 10.2. The van der Waals surface area contributed by atoms with E-state index in [0.29, 0.717) is 0 Å². The van der Waals surface area contributed by atoms with Crippen LogP contribution >= 0.6 is 0 Å². The maximum Gasteiger partial charge on any atom is 0.119 e. The topological polar surface area (TPSA) is 34.4 Å². The lowest BCUT2D eigenvalue weighted by molar-refractivity contribution is 0.191. The van der Waals surface area contributed by atoms with Crippen LogP contribution in [0, 0.1) is 0 Å². The third-order valence-corrected chi connectivity index (χ3v) is 2.71. The SMILES string of the molecule is COc1ccc2c(c1)cc(C(C)O)n2C. The van der Waals surface area contributed by atoms with E-state index in [-0.39, 0.29) is 0 Å². The Hall–Kier alpha value is -1.48. The van der Waals surface area contributed by atoms with Crippen molar-refractivity contribution in [2.75, 3.05) is 7.11 Å². The molecule has 0 fully saturated rings. The smallest absolute Gasteiger partial charge is 0.119 e. The highest BCUT2D eigenvalue weighted by atomic mass is 16.5. The standard InChI is InChI=1S/C12H15NO2/c1-8(14)12-7-9-6-10(15-3)4-5-11(9)13(12)2/h4-8,14H,1-3H3. The van der Waals surface area contributed by atoms with Crippen molar-refractivity contribution in [1.82, 2.24) is 4.57 Å². The normalized spacial score (nSPS) is 13.1. The Kier molecular flexibility index (Phi) is 2.40. The number of ether oxygens (including phenoxy) is 1. The molecule has 3 heteroatoms. The molecule has 0 saturated heterocycles. The first-order valence-corrected chi connectivity index (χ1v) is 4.95.